The maximum atomic E-state index is 13.5. The quantitative estimate of drug-likeness (QED) is 0.234. The maximum absolute atomic E-state index is 13.5. The first-order valence-electron chi connectivity index (χ1n) is 10.3. The van der Waals surface area contributed by atoms with Crippen molar-refractivity contribution in [3.8, 4) is 0 Å². The smallest absolute Gasteiger partial charge is 0.231 e. The molecule has 1 amide bonds. The molecule has 1 aromatic rings. The summed E-state index contributed by atoms with van der Waals surface area (Å²) >= 11 is 10.6. The number of thioether (sulfide) groups is 1. The summed E-state index contributed by atoms with van der Waals surface area (Å²) in [5, 5.41) is 0.396. The van der Waals surface area contributed by atoms with Crippen LogP contribution in [-0.4, -0.2) is 34.8 Å². The fraction of sp³-hybridized carbons (Fsp3) is 0.478. The second-order valence-electron chi connectivity index (χ2n) is 9.36. The van der Waals surface area contributed by atoms with Crippen molar-refractivity contribution in [1.29, 1.82) is 0 Å². The van der Waals surface area contributed by atoms with Crippen molar-refractivity contribution in [2.24, 2.45) is 0 Å². The van der Waals surface area contributed by atoms with Gasteiger partial charge in [0.2, 0.25) is 5.91 Å². The van der Waals surface area contributed by atoms with E-state index in [4.69, 9.17) is 16.6 Å². The lowest BCUT2D eigenvalue weighted by Crippen LogP contribution is -2.45. The number of allylic oxidation sites excluding steroid dienone is 2. The van der Waals surface area contributed by atoms with Gasteiger partial charge in [0.15, 0.2) is 8.32 Å². The van der Waals surface area contributed by atoms with Gasteiger partial charge >= 0.3 is 0 Å². The molecule has 1 aromatic carbocycles. The SMILES string of the molecule is CC(C)(C)[Si](C)(C)O[C@@H](/C=C/C=C/Br)CC(=O)N1C(=S)S[C@@H]2Cc3ccccc3[C@@H]21. The van der Waals surface area contributed by atoms with Gasteiger partial charge in [0.05, 0.1) is 18.6 Å². The molecular formula is C23H30BrNO2S2Si. The molecule has 3 nitrogen and oxygen atoms in total. The van der Waals surface area contributed by atoms with E-state index in [1.165, 1.54) is 11.1 Å². The molecule has 3 rings (SSSR count). The summed E-state index contributed by atoms with van der Waals surface area (Å²) in [5.74, 6) is 0.0490. The number of nitrogens with zero attached hydrogens (tertiary/aromatic N) is 1. The van der Waals surface area contributed by atoms with Crippen LogP contribution >= 0.6 is 39.9 Å². The molecule has 0 saturated carbocycles. The van der Waals surface area contributed by atoms with Gasteiger partial charge in [-0.15, -0.1) is 0 Å². The summed E-state index contributed by atoms with van der Waals surface area (Å²) < 4.78 is 7.29. The van der Waals surface area contributed by atoms with Gasteiger partial charge < -0.3 is 4.43 Å². The number of hydrogen-bond acceptors (Lipinski definition) is 4. The molecule has 162 valence electrons. The van der Waals surface area contributed by atoms with E-state index < -0.39 is 8.32 Å². The lowest BCUT2D eigenvalue weighted by atomic mass is 10.1. The van der Waals surface area contributed by atoms with Crippen molar-refractivity contribution in [2.75, 3.05) is 0 Å². The number of carbonyl (C=O) groups excluding carboxylic acids is 1. The van der Waals surface area contributed by atoms with Gasteiger partial charge in [-0.25, -0.2) is 0 Å². The van der Waals surface area contributed by atoms with Crippen LogP contribution in [0.1, 0.15) is 44.4 Å². The van der Waals surface area contributed by atoms with Crippen LogP contribution in [0.2, 0.25) is 18.1 Å². The Morgan fingerprint density at radius 3 is 2.73 bits per heavy atom. The first-order valence-corrected chi connectivity index (χ1v) is 15.4. The van der Waals surface area contributed by atoms with Crippen LogP contribution in [-0.2, 0) is 15.6 Å². The Morgan fingerprint density at radius 1 is 1.37 bits per heavy atom. The van der Waals surface area contributed by atoms with E-state index in [1.807, 2.05) is 23.1 Å². The molecule has 0 radical (unpaired) electrons. The molecule has 0 N–H and O–H groups in total. The molecule has 1 fully saturated rings. The molecule has 0 unspecified atom stereocenters. The van der Waals surface area contributed by atoms with Gasteiger partial charge in [-0.1, -0.05) is 103 Å². The summed E-state index contributed by atoms with van der Waals surface area (Å²) in [6.07, 6.45) is 6.81. The van der Waals surface area contributed by atoms with Gasteiger partial charge in [-0.05, 0) is 40.7 Å². The van der Waals surface area contributed by atoms with Crippen molar-refractivity contribution < 1.29 is 9.22 Å². The molecule has 1 aliphatic heterocycles. The highest BCUT2D eigenvalue weighted by atomic mass is 79.9. The predicted molar refractivity (Wildman–Crippen MR) is 138 cm³/mol. The van der Waals surface area contributed by atoms with E-state index in [9.17, 15) is 4.79 Å². The monoisotopic (exact) mass is 523 g/mol. The Bertz CT molecular complexity index is 878. The second kappa shape index (κ2) is 9.41. The Morgan fingerprint density at radius 2 is 2.07 bits per heavy atom. The van der Waals surface area contributed by atoms with E-state index in [-0.39, 0.29) is 23.1 Å². The minimum Gasteiger partial charge on any atom is -0.410 e. The molecule has 7 heteroatoms. The number of hydrogen-bond donors (Lipinski definition) is 0. The Labute approximate surface area is 199 Å². The Balaban J connectivity index is 1.82. The highest BCUT2D eigenvalue weighted by molar-refractivity contribution is 9.11. The lowest BCUT2D eigenvalue weighted by Gasteiger charge is -2.39. The van der Waals surface area contributed by atoms with Crippen molar-refractivity contribution in [2.45, 2.75) is 69.1 Å². The van der Waals surface area contributed by atoms with E-state index in [1.54, 1.807) is 16.7 Å². The van der Waals surface area contributed by atoms with Gasteiger partial charge in [0.25, 0.3) is 0 Å². The summed E-state index contributed by atoms with van der Waals surface area (Å²) in [7, 11) is -2.03. The van der Waals surface area contributed by atoms with Crippen molar-refractivity contribution in [1.82, 2.24) is 4.90 Å². The van der Waals surface area contributed by atoms with Crippen LogP contribution in [0.5, 0.6) is 0 Å². The number of fused-ring (bicyclic) bond motifs is 3. The highest BCUT2D eigenvalue weighted by Gasteiger charge is 2.47. The third-order valence-corrected chi connectivity index (χ3v) is 12.7. The average Bonchev–Trinajstić information content (AvgIpc) is 3.14. The third-order valence-electron chi connectivity index (χ3n) is 6.28. The molecule has 1 heterocycles. The number of rotatable bonds is 6. The lowest BCUT2D eigenvalue weighted by molar-refractivity contribution is -0.129. The topological polar surface area (TPSA) is 29.5 Å². The van der Waals surface area contributed by atoms with E-state index in [2.05, 4.69) is 74.1 Å². The third kappa shape index (κ3) is 5.01. The van der Waals surface area contributed by atoms with E-state index in [0.29, 0.717) is 16.0 Å². The molecule has 0 aromatic heterocycles. The van der Waals surface area contributed by atoms with Crippen LogP contribution in [0.15, 0.2) is 47.5 Å². The maximum Gasteiger partial charge on any atom is 0.231 e. The van der Waals surface area contributed by atoms with Crippen LogP contribution in [0, 0.1) is 0 Å². The van der Waals surface area contributed by atoms with E-state index >= 15 is 0 Å². The minimum absolute atomic E-state index is 0.0474. The predicted octanol–water partition coefficient (Wildman–Crippen LogP) is 6.76. The number of thiocarbonyl (C=S) groups is 1. The van der Waals surface area contributed by atoms with Gasteiger partial charge in [-0.2, -0.15) is 0 Å². The highest BCUT2D eigenvalue weighted by Crippen LogP contribution is 2.49. The van der Waals surface area contributed by atoms with Crippen molar-refractivity contribution >= 4 is 58.5 Å². The van der Waals surface area contributed by atoms with Crippen LogP contribution in [0.4, 0.5) is 0 Å². The van der Waals surface area contributed by atoms with Gasteiger partial charge in [0, 0.05) is 5.25 Å². The molecular weight excluding hydrogens is 494 g/mol. The standard InChI is InChI=1S/C23H30BrNO2S2Si/c1-23(2,3)30(4,5)27-17(11-8-9-13-24)15-20(26)25-21-18-12-7-6-10-16(18)14-19(21)29-22(25)28/h6-13,17,19,21H,14-15H2,1-5H3/b11-8+,13-9+/t17-,19+,21-/m0/s1. The molecule has 30 heavy (non-hydrogen) atoms. The summed E-state index contributed by atoms with van der Waals surface area (Å²) in [5.41, 5.74) is 2.57. The number of amides is 1. The van der Waals surface area contributed by atoms with Gasteiger partial charge in [-0.3, -0.25) is 9.69 Å². The molecule has 1 saturated heterocycles. The average molecular weight is 525 g/mol. The molecule has 2 aliphatic rings. The molecule has 0 bridgehead atoms. The molecule has 0 spiro atoms. The zero-order chi connectivity index (χ0) is 22.1. The zero-order valence-electron chi connectivity index (χ0n) is 18.2. The van der Waals surface area contributed by atoms with Gasteiger partial charge in [0.1, 0.15) is 4.32 Å². The first kappa shape index (κ1) is 23.9. The minimum atomic E-state index is -2.03. The Hall–Kier alpha value is -0.733. The van der Waals surface area contributed by atoms with E-state index in [0.717, 1.165) is 6.42 Å². The number of halogens is 1. The zero-order valence-corrected chi connectivity index (χ0v) is 22.4. The normalized spacial score (nSPS) is 22.7. The summed E-state index contributed by atoms with van der Waals surface area (Å²) in [6.45, 7) is 11.1. The number of benzene rings is 1. The van der Waals surface area contributed by atoms with Crippen LogP contribution in [0.25, 0.3) is 0 Å². The summed E-state index contributed by atoms with van der Waals surface area (Å²) in [4.78, 5) is 17.1. The fourth-order valence-electron chi connectivity index (χ4n) is 3.71. The number of carbonyl (C=O) groups is 1. The largest absolute Gasteiger partial charge is 0.410 e. The van der Waals surface area contributed by atoms with Crippen molar-refractivity contribution in [3.05, 3.63) is 58.6 Å². The molecule has 3 atom stereocenters. The first-order chi connectivity index (χ1) is 14.0. The van der Waals surface area contributed by atoms with Crippen LogP contribution in [0.3, 0.4) is 0 Å². The molecule has 1 aliphatic carbocycles. The Kier molecular flexibility index (Phi) is 7.50. The van der Waals surface area contributed by atoms with Crippen molar-refractivity contribution in [3.63, 3.8) is 0 Å². The fourth-order valence-corrected chi connectivity index (χ4v) is 6.99. The van der Waals surface area contributed by atoms with Crippen LogP contribution < -0.4 is 0 Å². The second-order valence-corrected chi connectivity index (χ2v) is 16.5. The summed E-state index contributed by atoms with van der Waals surface area (Å²) in [6, 6.07) is 8.47.